The molecule has 1 aliphatic carbocycles. The summed E-state index contributed by atoms with van der Waals surface area (Å²) in [5.74, 6) is 0.382. The van der Waals surface area contributed by atoms with E-state index >= 15 is 0 Å². The number of pyridine rings is 1. The minimum atomic E-state index is -0.165. The van der Waals surface area contributed by atoms with Crippen LogP contribution in [0.3, 0.4) is 0 Å². The number of aryl methyl sites for hydroxylation is 2. The van der Waals surface area contributed by atoms with Crippen molar-refractivity contribution in [1.29, 1.82) is 0 Å². The summed E-state index contributed by atoms with van der Waals surface area (Å²) in [5.41, 5.74) is 5.55. The van der Waals surface area contributed by atoms with Crippen molar-refractivity contribution in [1.82, 2.24) is 25.2 Å². The monoisotopic (exact) mass is 407 g/mol. The minimum absolute atomic E-state index is 0.0292. The van der Waals surface area contributed by atoms with Gasteiger partial charge in [0.15, 0.2) is 0 Å². The third kappa shape index (κ3) is 4.36. The number of amides is 1. The van der Waals surface area contributed by atoms with Crippen LogP contribution in [0.5, 0.6) is 0 Å². The van der Waals surface area contributed by atoms with Crippen LogP contribution in [-0.4, -0.2) is 52.4 Å². The Labute approximate surface area is 176 Å². The fraction of sp³-hybridized carbons (Fsp3) is 0.478. The van der Waals surface area contributed by atoms with Crippen molar-refractivity contribution >= 4 is 11.5 Å². The molecule has 2 aromatic rings. The van der Waals surface area contributed by atoms with E-state index in [2.05, 4.69) is 31.2 Å². The van der Waals surface area contributed by atoms with Gasteiger partial charge >= 0.3 is 0 Å². The lowest BCUT2D eigenvalue weighted by atomic mass is 9.88. The Morgan fingerprint density at radius 1 is 1.33 bits per heavy atom. The molecule has 158 valence electrons. The van der Waals surface area contributed by atoms with Crippen molar-refractivity contribution in [3.8, 4) is 0 Å². The first kappa shape index (κ1) is 20.5. The predicted octanol–water partition coefficient (Wildman–Crippen LogP) is 1.98. The lowest BCUT2D eigenvalue weighted by Crippen LogP contribution is -2.36. The molecule has 0 saturated carbocycles. The van der Waals surface area contributed by atoms with E-state index in [1.165, 1.54) is 5.57 Å². The topological polar surface area (TPSA) is 91.0 Å². The van der Waals surface area contributed by atoms with Crippen LogP contribution in [0.1, 0.15) is 52.9 Å². The molecule has 0 spiro atoms. The first-order valence-corrected chi connectivity index (χ1v) is 10.8. The maximum Gasteiger partial charge on any atom is 0.269 e. The third-order valence-electron chi connectivity index (χ3n) is 6.17. The molecule has 7 nitrogen and oxygen atoms in total. The van der Waals surface area contributed by atoms with Crippen molar-refractivity contribution in [3.63, 3.8) is 0 Å². The summed E-state index contributed by atoms with van der Waals surface area (Å²) < 4.78 is 0. The summed E-state index contributed by atoms with van der Waals surface area (Å²) in [6, 6.07) is 3.75. The summed E-state index contributed by atoms with van der Waals surface area (Å²) in [4.78, 5) is 38.2. The van der Waals surface area contributed by atoms with Gasteiger partial charge < -0.3 is 10.3 Å². The highest BCUT2D eigenvalue weighted by Gasteiger charge is 2.24. The van der Waals surface area contributed by atoms with E-state index in [1.807, 2.05) is 13.0 Å². The van der Waals surface area contributed by atoms with Gasteiger partial charge in [0.1, 0.15) is 11.4 Å². The number of nitrogens with one attached hydrogen (secondary N) is 2. The van der Waals surface area contributed by atoms with Gasteiger partial charge in [-0.1, -0.05) is 19.1 Å². The Hall–Kier alpha value is -2.80. The zero-order valence-electron chi connectivity index (χ0n) is 17.7. The van der Waals surface area contributed by atoms with Crippen molar-refractivity contribution in [2.24, 2.45) is 5.92 Å². The Morgan fingerprint density at radius 3 is 2.87 bits per heavy atom. The van der Waals surface area contributed by atoms with Gasteiger partial charge in [0.25, 0.3) is 11.5 Å². The fourth-order valence-electron chi connectivity index (χ4n) is 4.42. The van der Waals surface area contributed by atoms with Gasteiger partial charge in [-0.25, -0.2) is 0 Å². The van der Waals surface area contributed by atoms with Gasteiger partial charge in [-0.05, 0) is 55.2 Å². The van der Waals surface area contributed by atoms with Gasteiger partial charge in [0, 0.05) is 38.6 Å². The maximum atomic E-state index is 12.1. The van der Waals surface area contributed by atoms with Gasteiger partial charge in [0.05, 0.1) is 5.69 Å². The molecule has 0 fully saturated rings. The largest absolute Gasteiger partial charge is 0.354 e. The van der Waals surface area contributed by atoms with Crippen LogP contribution in [0.2, 0.25) is 0 Å². The lowest BCUT2D eigenvalue weighted by Gasteiger charge is -2.32. The smallest absolute Gasteiger partial charge is 0.269 e. The average Bonchev–Trinajstić information content (AvgIpc) is 2.78. The Kier molecular flexibility index (Phi) is 6.08. The standard InChI is InChI=1S/C23H29N5O2/c1-3-18-23(30)27-21-12-15(4-6-19(21)26-18)14-28-10-8-16(9-11-28)17-5-7-20(25-13-17)22(29)24-2/h5,7-8,13,15H,3-4,6,9-12,14H2,1-2H3,(H,24,29)(H,27,30)/t15-/m0/s1. The van der Waals surface area contributed by atoms with E-state index in [4.69, 9.17) is 0 Å². The van der Waals surface area contributed by atoms with Crippen molar-refractivity contribution in [2.45, 2.75) is 39.0 Å². The van der Waals surface area contributed by atoms with Crippen LogP contribution in [0.15, 0.2) is 29.2 Å². The zero-order valence-corrected chi connectivity index (χ0v) is 17.7. The number of carbonyl (C=O) groups excluding carboxylic acids is 1. The third-order valence-corrected chi connectivity index (χ3v) is 6.17. The molecule has 2 aliphatic rings. The van der Waals surface area contributed by atoms with E-state index in [9.17, 15) is 9.59 Å². The Balaban J connectivity index is 1.36. The average molecular weight is 408 g/mol. The molecule has 30 heavy (non-hydrogen) atoms. The number of rotatable bonds is 5. The van der Waals surface area contributed by atoms with Crippen LogP contribution in [-0.2, 0) is 19.3 Å². The van der Waals surface area contributed by atoms with Crippen LogP contribution in [0.4, 0.5) is 0 Å². The first-order valence-electron chi connectivity index (χ1n) is 10.8. The summed E-state index contributed by atoms with van der Waals surface area (Å²) >= 11 is 0. The van der Waals surface area contributed by atoms with E-state index in [0.29, 0.717) is 23.7 Å². The lowest BCUT2D eigenvalue weighted by molar-refractivity contribution is 0.0958. The summed E-state index contributed by atoms with van der Waals surface area (Å²) in [6.45, 7) is 4.93. The van der Waals surface area contributed by atoms with Crippen LogP contribution in [0.25, 0.3) is 5.57 Å². The van der Waals surface area contributed by atoms with Crippen molar-refractivity contribution < 1.29 is 4.79 Å². The van der Waals surface area contributed by atoms with E-state index in [0.717, 1.165) is 62.3 Å². The SMILES string of the molecule is CCc1nc2c([nH]c1=O)C[C@@H](CN1CC=C(c3ccc(C(=O)NC)nc3)CC1)CC2. The second-order valence-corrected chi connectivity index (χ2v) is 8.15. The highest BCUT2D eigenvalue weighted by Crippen LogP contribution is 2.26. The number of carbonyl (C=O) groups is 1. The number of H-pyrrole nitrogens is 1. The molecule has 0 unspecified atom stereocenters. The molecule has 1 amide bonds. The number of fused-ring (bicyclic) bond motifs is 1. The molecule has 1 aliphatic heterocycles. The highest BCUT2D eigenvalue weighted by molar-refractivity contribution is 5.92. The van der Waals surface area contributed by atoms with Crippen LogP contribution >= 0.6 is 0 Å². The molecule has 0 saturated heterocycles. The van der Waals surface area contributed by atoms with Crippen molar-refractivity contribution in [3.05, 3.63) is 63.1 Å². The maximum absolute atomic E-state index is 12.1. The molecule has 2 N–H and O–H groups in total. The molecule has 0 bridgehead atoms. The predicted molar refractivity (Wildman–Crippen MR) is 116 cm³/mol. The molecule has 0 radical (unpaired) electrons. The summed E-state index contributed by atoms with van der Waals surface area (Å²) in [6.07, 6.45) is 8.68. The summed E-state index contributed by atoms with van der Waals surface area (Å²) in [7, 11) is 1.61. The highest BCUT2D eigenvalue weighted by atomic mass is 16.1. The Bertz CT molecular complexity index is 1010. The first-order chi connectivity index (χ1) is 14.6. The molecule has 2 aromatic heterocycles. The second-order valence-electron chi connectivity index (χ2n) is 8.15. The van der Waals surface area contributed by atoms with Gasteiger partial charge in [-0.15, -0.1) is 0 Å². The molecular weight excluding hydrogens is 378 g/mol. The molecule has 0 aromatic carbocycles. The number of nitrogens with zero attached hydrogens (tertiary/aromatic N) is 3. The van der Waals surface area contributed by atoms with E-state index in [-0.39, 0.29) is 11.5 Å². The fourth-order valence-corrected chi connectivity index (χ4v) is 4.42. The van der Waals surface area contributed by atoms with Gasteiger partial charge in [0.2, 0.25) is 0 Å². The van der Waals surface area contributed by atoms with Crippen LogP contribution < -0.4 is 10.9 Å². The number of aromatic amines is 1. The number of hydrogen-bond donors (Lipinski definition) is 2. The number of aromatic nitrogens is 3. The van der Waals surface area contributed by atoms with E-state index in [1.54, 1.807) is 19.3 Å². The van der Waals surface area contributed by atoms with Crippen LogP contribution in [0, 0.1) is 5.92 Å². The minimum Gasteiger partial charge on any atom is -0.354 e. The Morgan fingerprint density at radius 2 is 2.20 bits per heavy atom. The summed E-state index contributed by atoms with van der Waals surface area (Å²) in [5, 5.41) is 2.59. The molecule has 3 heterocycles. The normalized spacial score (nSPS) is 19.1. The molecule has 4 rings (SSSR count). The van der Waals surface area contributed by atoms with E-state index < -0.39 is 0 Å². The zero-order chi connectivity index (χ0) is 21.1. The van der Waals surface area contributed by atoms with Crippen molar-refractivity contribution in [2.75, 3.05) is 26.7 Å². The van der Waals surface area contributed by atoms with Gasteiger partial charge in [-0.3, -0.25) is 24.5 Å². The molecular formula is C23H29N5O2. The van der Waals surface area contributed by atoms with Gasteiger partial charge in [-0.2, -0.15) is 0 Å². The molecule has 1 atom stereocenters. The molecule has 7 heteroatoms. The second kappa shape index (κ2) is 8.92. The number of hydrogen-bond acceptors (Lipinski definition) is 5. The quantitative estimate of drug-likeness (QED) is 0.791.